The summed E-state index contributed by atoms with van der Waals surface area (Å²) >= 11 is 0. The van der Waals surface area contributed by atoms with Gasteiger partial charge in [-0.25, -0.2) is 15.0 Å². The lowest BCUT2D eigenvalue weighted by Crippen LogP contribution is -2.05. The molecule has 9 heavy (non-hydrogen) atoms. The summed E-state index contributed by atoms with van der Waals surface area (Å²) < 4.78 is 0. The van der Waals surface area contributed by atoms with Crippen molar-refractivity contribution in [1.82, 2.24) is 15.0 Å². The van der Waals surface area contributed by atoms with Gasteiger partial charge in [0.15, 0.2) is 0 Å². The maximum atomic E-state index is 5.26. The molecule has 0 saturated heterocycles. The summed E-state index contributed by atoms with van der Waals surface area (Å²) in [7, 11) is 0. The number of rotatable bonds is 2. The second-order valence-electron chi connectivity index (χ2n) is 1.59. The predicted molar refractivity (Wildman–Crippen MR) is 32.6 cm³/mol. The monoisotopic (exact) mass is 124 g/mol. The quantitative estimate of drug-likeness (QED) is 0.570. The lowest BCUT2D eigenvalue weighted by molar-refractivity contribution is 0.843. The molecule has 0 bridgehead atoms. The van der Waals surface area contributed by atoms with Crippen molar-refractivity contribution in [2.75, 3.05) is 6.54 Å². The summed E-state index contributed by atoms with van der Waals surface area (Å²) in [5.74, 6) is 0.757. The molecule has 0 aliphatic heterocycles. The van der Waals surface area contributed by atoms with Crippen molar-refractivity contribution in [2.24, 2.45) is 5.73 Å². The van der Waals surface area contributed by atoms with Gasteiger partial charge < -0.3 is 5.73 Å². The smallest absolute Gasteiger partial charge is 0.133 e. The van der Waals surface area contributed by atoms with Crippen molar-refractivity contribution < 1.29 is 0 Å². The predicted octanol–water partition coefficient (Wildman–Crippen LogP) is -0.627. The molecule has 1 aromatic heterocycles. The van der Waals surface area contributed by atoms with Crippen LogP contribution in [0.4, 0.5) is 0 Å². The van der Waals surface area contributed by atoms with Crippen LogP contribution in [0.25, 0.3) is 0 Å². The highest BCUT2D eigenvalue weighted by Crippen LogP contribution is 1.82. The Balaban J connectivity index is 2.61. The van der Waals surface area contributed by atoms with Gasteiger partial charge >= 0.3 is 0 Å². The van der Waals surface area contributed by atoms with E-state index in [2.05, 4.69) is 15.0 Å². The third kappa shape index (κ3) is 1.73. The van der Waals surface area contributed by atoms with Gasteiger partial charge in [-0.3, -0.25) is 0 Å². The molecule has 1 heterocycles. The Hall–Kier alpha value is -1.03. The van der Waals surface area contributed by atoms with E-state index in [9.17, 15) is 0 Å². The van der Waals surface area contributed by atoms with Crippen molar-refractivity contribution >= 4 is 0 Å². The van der Waals surface area contributed by atoms with Gasteiger partial charge in [0.05, 0.1) is 0 Å². The van der Waals surface area contributed by atoms with Gasteiger partial charge in [-0.2, -0.15) is 0 Å². The Morgan fingerprint density at radius 1 is 1.33 bits per heavy atom. The van der Waals surface area contributed by atoms with E-state index in [1.165, 1.54) is 12.7 Å². The summed E-state index contributed by atoms with van der Waals surface area (Å²) in [5.41, 5.74) is 5.26. The Morgan fingerprint density at radius 3 is 2.56 bits per heavy atom. The molecule has 48 valence electrons. The van der Waals surface area contributed by atoms with E-state index in [-0.39, 0.29) is 0 Å². The third-order valence-corrected chi connectivity index (χ3v) is 0.915. The molecule has 4 heteroatoms. The van der Waals surface area contributed by atoms with Gasteiger partial charge in [0, 0.05) is 6.42 Å². The van der Waals surface area contributed by atoms with Crippen molar-refractivity contribution in [3.8, 4) is 0 Å². The van der Waals surface area contributed by atoms with Crippen LogP contribution < -0.4 is 5.73 Å². The zero-order valence-electron chi connectivity index (χ0n) is 4.99. The van der Waals surface area contributed by atoms with Crippen molar-refractivity contribution in [3.63, 3.8) is 0 Å². The van der Waals surface area contributed by atoms with E-state index in [1.54, 1.807) is 0 Å². The van der Waals surface area contributed by atoms with E-state index < -0.39 is 0 Å². The maximum Gasteiger partial charge on any atom is 0.133 e. The highest BCUT2D eigenvalue weighted by Gasteiger charge is 1.88. The van der Waals surface area contributed by atoms with Crippen molar-refractivity contribution in [2.45, 2.75) is 6.42 Å². The number of hydrogen-bond acceptors (Lipinski definition) is 4. The minimum absolute atomic E-state index is 0.587. The second kappa shape index (κ2) is 3.09. The fourth-order valence-electron chi connectivity index (χ4n) is 0.521. The molecule has 0 aliphatic carbocycles. The first kappa shape index (κ1) is 6.10. The van der Waals surface area contributed by atoms with Crippen LogP contribution >= 0.6 is 0 Å². The molecular formula is C5H8N4. The summed E-state index contributed by atoms with van der Waals surface area (Å²) in [4.78, 5) is 11.4. The van der Waals surface area contributed by atoms with E-state index in [1.807, 2.05) is 0 Å². The first-order chi connectivity index (χ1) is 4.43. The highest BCUT2D eigenvalue weighted by atomic mass is 15.0. The molecule has 1 aromatic rings. The average Bonchev–Trinajstić information content (AvgIpc) is 1.91. The van der Waals surface area contributed by atoms with Gasteiger partial charge in [-0.05, 0) is 6.54 Å². The normalized spacial score (nSPS) is 9.44. The Bertz CT molecular complexity index is 162. The third-order valence-electron chi connectivity index (χ3n) is 0.915. The summed E-state index contributed by atoms with van der Waals surface area (Å²) in [5, 5.41) is 0. The van der Waals surface area contributed by atoms with Gasteiger partial charge in [-0.1, -0.05) is 0 Å². The van der Waals surface area contributed by atoms with Crippen molar-refractivity contribution in [1.29, 1.82) is 0 Å². The zero-order valence-corrected chi connectivity index (χ0v) is 4.99. The Morgan fingerprint density at radius 2 is 2.00 bits per heavy atom. The molecule has 2 N–H and O–H groups in total. The molecule has 0 aliphatic rings. The van der Waals surface area contributed by atoms with Crippen LogP contribution in [0.2, 0.25) is 0 Å². The highest BCUT2D eigenvalue weighted by molar-refractivity contribution is 4.80. The maximum absolute atomic E-state index is 5.26. The molecule has 0 saturated carbocycles. The molecule has 1 rings (SSSR count). The van der Waals surface area contributed by atoms with E-state index >= 15 is 0 Å². The molecule has 0 spiro atoms. The largest absolute Gasteiger partial charge is 0.330 e. The van der Waals surface area contributed by atoms with Crippen LogP contribution in [0, 0.1) is 0 Å². The SMILES string of the molecule is NCCc1ncncn1. The zero-order chi connectivity index (χ0) is 6.53. The number of nitrogens with two attached hydrogens (primary N) is 1. The minimum Gasteiger partial charge on any atom is -0.330 e. The van der Waals surface area contributed by atoms with Gasteiger partial charge in [-0.15, -0.1) is 0 Å². The van der Waals surface area contributed by atoms with Crippen LogP contribution in [0.3, 0.4) is 0 Å². The van der Waals surface area contributed by atoms with Crippen LogP contribution in [-0.2, 0) is 6.42 Å². The van der Waals surface area contributed by atoms with E-state index in [0.717, 1.165) is 12.2 Å². The van der Waals surface area contributed by atoms with Crippen LogP contribution in [0.15, 0.2) is 12.7 Å². The average molecular weight is 124 g/mol. The topological polar surface area (TPSA) is 64.7 Å². The van der Waals surface area contributed by atoms with Gasteiger partial charge in [0.25, 0.3) is 0 Å². The first-order valence-electron chi connectivity index (χ1n) is 2.74. The number of aromatic nitrogens is 3. The first-order valence-corrected chi connectivity index (χ1v) is 2.74. The van der Waals surface area contributed by atoms with Crippen molar-refractivity contribution in [3.05, 3.63) is 18.5 Å². The van der Waals surface area contributed by atoms with Crippen LogP contribution in [-0.4, -0.2) is 21.5 Å². The molecule has 0 radical (unpaired) electrons. The Kier molecular flexibility index (Phi) is 2.09. The molecule has 4 nitrogen and oxygen atoms in total. The lowest BCUT2D eigenvalue weighted by atomic mass is 10.4. The fourth-order valence-corrected chi connectivity index (χ4v) is 0.521. The molecule has 0 atom stereocenters. The molecule has 0 aromatic carbocycles. The molecule has 0 amide bonds. The summed E-state index contributed by atoms with van der Waals surface area (Å²) in [6.07, 6.45) is 3.67. The summed E-state index contributed by atoms with van der Waals surface area (Å²) in [6, 6.07) is 0. The standard InChI is InChI=1S/C5H8N4/c6-2-1-5-8-3-7-4-9-5/h3-4H,1-2,6H2. The fraction of sp³-hybridized carbons (Fsp3) is 0.400. The number of nitrogens with zero attached hydrogens (tertiary/aromatic N) is 3. The van der Waals surface area contributed by atoms with E-state index in [4.69, 9.17) is 5.73 Å². The van der Waals surface area contributed by atoms with Crippen LogP contribution in [0.5, 0.6) is 0 Å². The lowest BCUT2D eigenvalue weighted by Gasteiger charge is -1.91. The molecular weight excluding hydrogens is 116 g/mol. The van der Waals surface area contributed by atoms with E-state index in [0.29, 0.717) is 6.54 Å². The Labute approximate surface area is 53.2 Å². The van der Waals surface area contributed by atoms with Gasteiger partial charge in [0.2, 0.25) is 0 Å². The molecule has 0 unspecified atom stereocenters. The van der Waals surface area contributed by atoms with Crippen LogP contribution in [0.1, 0.15) is 5.82 Å². The molecule has 0 fully saturated rings. The minimum atomic E-state index is 0.587. The second-order valence-corrected chi connectivity index (χ2v) is 1.59. The summed E-state index contributed by atoms with van der Waals surface area (Å²) in [6.45, 7) is 0.587. The number of hydrogen-bond donors (Lipinski definition) is 1. The van der Waals surface area contributed by atoms with Gasteiger partial charge in [0.1, 0.15) is 18.5 Å².